The Morgan fingerprint density at radius 2 is 1.52 bits per heavy atom. The van der Waals surface area contributed by atoms with E-state index in [9.17, 15) is 9.59 Å². The molecule has 2 amide bonds. The minimum Gasteiger partial charge on any atom is -0.349 e. The zero-order valence-electron chi connectivity index (χ0n) is 16.9. The Labute approximate surface area is 185 Å². The van der Waals surface area contributed by atoms with Crippen molar-refractivity contribution in [2.75, 3.05) is 9.91 Å². The van der Waals surface area contributed by atoms with Crippen LogP contribution in [0.4, 0.5) is 11.4 Å². The quantitative estimate of drug-likeness (QED) is 0.276. The topological polar surface area (TPSA) is 79.2 Å². The summed E-state index contributed by atoms with van der Waals surface area (Å²) in [7, 11) is 0. The molecule has 0 unspecified atom stereocenters. The Bertz CT molecular complexity index is 1090. The second kappa shape index (κ2) is 8.89. The van der Waals surface area contributed by atoms with Crippen LogP contribution in [0.2, 0.25) is 5.02 Å². The number of para-hydroxylation sites is 1. The monoisotopic (exact) mass is 435 g/mol. The normalized spacial score (nSPS) is 17.1. The number of hydrogen-bond donors (Lipinski definition) is 1. The van der Waals surface area contributed by atoms with Crippen molar-refractivity contribution in [2.45, 2.75) is 25.7 Å². The standard InChI is InChI=1S/C24H22ClN3O3/c1-16-19(25)13-8-14-20(16)28(26)24(30)22-21(31-22)23(29)27(18-11-6-3-7-12-18)15-17-9-4-2-5-10-17/h2-14,21-22H,15,26H2,1H3/t21-,22-/m0/s1. The number of halogens is 1. The van der Waals surface area contributed by atoms with Crippen LogP contribution in [-0.4, -0.2) is 24.0 Å². The number of nitrogens with zero attached hydrogens (tertiary/aromatic N) is 2. The highest BCUT2D eigenvalue weighted by atomic mass is 35.5. The molecule has 2 atom stereocenters. The fourth-order valence-electron chi connectivity index (χ4n) is 3.42. The summed E-state index contributed by atoms with van der Waals surface area (Å²) in [6.45, 7) is 2.14. The number of hydrogen-bond acceptors (Lipinski definition) is 4. The number of carbonyl (C=O) groups is 2. The third-order valence-electron chi connectivity index (χ3n) is 5.23. The molecule has 6 nitrogen and oxygen atoms in total. The molecular weight excluding hydrogens is 414 g/mol. The molecule has 0 aliphatic carbocycles. The highest BCUT2D eigenvalue weighted by molar-refractivity contribution is 6.31. The van der Waals surface area contributed by atoms with Crippen LogP contribution in [0.25, 0.3) is 0 Å². The molecule has 3 aromatic rings. The van der Waals surface area contributed by atoms with Crippen LogP contribution in [0, 0.1) is 6.92 Å². The van der Waals surface area contributed by atoms with Gasteiger partial charge in [-0.05, 0) is 42.3 Å². The molecule has 158 valence electrons. The van der Waals surface area contributed by atoms with Gasteiger partial charge in [0, 0.05) is 10.7 Å². The fraction of sp³-hybridized carbons (Fsp3) is 0.167. The molecule has 7 heteroatoms. The van der Waals surface area contributed by atoms with Crippen LogP contribution in [0.5, 0.6) is 0 Å². The van der Waals surface area contributed by atoms with Crippen LogP contribution in [0.3, 0.4) is 0 Å². The number of hydrazine groups is 1. The summed E-state index contributed by atoms with van der Waals surface area (Å²) in [5, 5.41) is 1.51. The van der Waals surface area contributed by atoms with Gasteiger partial charge in [0.1, 0.15) is 0 Å². The Morgan fingerprint density at radius 3 is 2.19 bits per heavy atom. The Kier molecular flexibility index (Phi) is 6.04. The van der Waals surface area contributed by atoms with E-state index in [1.165, 1.54) is 0 Å². The Morgan fingerprint density at radius 1 is 0.903 bits per heavy atom. The maximum absolute atomic E-state index is 13.3. The number of nitrogens with two attached hydrogens (primary N) is 1. The maximum Gasteiger partial charge on any atom is 0.273 e. The van der Waals surface area contributed by atoms with Gasteiger partial charge in [0.05, 0.1) is 12.2 Å². The highest BCUT2D eigenvalue weighted by Gasteiger charge is 2.53. The van der Waals surface area contributed by atoms with Crippen LogP contribution < -0.4 is 15.8 Å². The molecule has 0 bridgehead atoms. The molecule has 1 aliphatic heterocycles. The first kappa shape index (κ1) is 21.1. The molecule has 0 saturated carbocycles. The van der Waals surface area contributed by atoms with E-state index in [2.05, 4.69) is 0 Å². The highest BCUT2D eigenvalue weighted by Crippen LogP contribution is 2.32. The largest absolute Gasteiger partial charge is 0.349 e. The molecule has 4 rings (SSSR count). The predicted octanol–water partition coefficient (Wildman–Crippen LogP) is 3.86. The van der Waals surface area contributed by atoms with Gasteiger partial charge in [-0.2, -0.15) is 0 Å². The van der Waals surface area contributed by atoms with E-state index >= 15 is 0 Å². The summed E-state index contributed by atoms with van der Waals surface area (Å²) in [6.07, 6.45) is -1.82. The zero-order valence-corrected chi connectivity index (χ0v) is 17.7. The Hall–Kier alpha value is -3.19. The number of anilines is 2. The van der Waals surface area contributed by atoms with Crippen LogP contribution in [0.1, 0.15) is 11.1 Å². The van der Waals surface area contributed by atoms with Gasteiger partial charge >= 0.3 is 0 Å². The molecule has 3 aromatic carbocycles. The molecule has 1 fully saturated rings. The minimum atomic E-state index is -0.933. The number of carbonyl (C=O) groups excluding carboxylic acids is 2. The molecule has 0 aromatic heterocycles. The predicted molar refractivity (Wildman–Crippen MR) is 121 cm³/mol. The van der Waals surface area contributed by atoms with E-state index < -0.39 is 18.1 Å². The smallest absolute Gasteiger partial charge is 0.273 e. The zero-order chi connectivity index (χ0) is 22.0. The lowest BCUT2D eigenvalue weighted by Gasteiger charge is -2.23. The Balaban J connectivity index is 1.52. The molecule has 1 heterocycles. The lowest BCUT2D eigenvalue weighted by atomic mass is 10.1. The van der Waals surface area contributed by atoms with Crippen molar-refractivity contribution in [1.82, 2.24) is 0 Å². The SMILES string of the molecule is Cc1c(Cl)cccc1N(N)C(=O)[C@H]1O[C@@H]1C(=O)N(Cc1ccccc1)c1ccccc1. The molecule has 0 radical (unpaired) electrons. The van der Waals surface area contributed by atoms with Crippen LogP contribution in [-0.2, 0) is 20.9 Å². The summed E-state index contributed by atoms with van der Waals surface area (Å²) >= 11 is 6.14. The van der Waals surface area contributed by atoms with Crippen molar-refractivity contribution in [3.8, 4) is 0 Å². The summed E-state index contributed by atoms with van der Waals surface area (Å²) in [5.41, 5.74) is 2.86. The third kappa shape index (κ3) is 4.46. The summed E-state index contributed by atoms with van der Waals surface area (Å²) < 4.78 is 5.50. The molecule has 1 saturated heterocycles. The van der Waals surface area contributed by atoms with Crippen molar-refractivity contribution < 1.29 is 14.3 Å². The van der Waals surface area contributed by atoms with Gasteiger partial charge < -0.3 is 9.64 Å². The molecule has 1 aliphatic rings. The second-order valence-corrected chi connectivity index (χ2v) is 7.72. The lowest BCUT2D eigenvalue weighted by molar-refractivity contribution is -0.121. The van der Waals surface area contributed by atoms with E-state index in [0.29, 0.717) is 22.8 Å². The number of ether oxygens (including phenoxy) is 1. The third-order valence-corrected chi connectivity index (χ3v) is 5.64. The second-order valence-electron chi connectivity index (χ2n) is 7.32. The van der Waals surface area contributed by atoms with E-state index in [4.69, 9.17) is 22.2 Å². The first-order chi connectivity index (χ1) is 15.0. The first-order valence-corrected chi connectivity index (χ1v) is 10.2. The van der Waals surface area contributed by atoms with Gasteiger partial charge in [0.15, 0.2) is 12.2 Å². The average molecular weight is 436 g/mol. The van der Waals surface area contributed by atoms with E-state index in [-0.39, 0.29) is 5.91 Å². The van der Waals surface area contributed by atoms with E-state index in [1.54, 1.807) is 30.0 Å². The molecule has 31 heavy (non-hydrogen) atoms. The van der Waals surface area contributed by atoms with E-state index in [0.717, 1.165) is 16.3 Å². The number of amides is 2. The van der Waals surface area contributed by atoms with Gasteiger partial charge in [-0.25, -0.2) is 10.9 Å². The van der Waals surface area contributed by atoms with E-state index in [1.807, 2.05) is 60.7 Å². The maximum atomic E-state index is 13.3. The van der Waals surface area contributed by atoms with Gasteiger partial charge in [0.2, 0.25) is 0 Å². The van der Waals surface area contributed by atoms with Crippen molar-refractivity contribution in [3.05, 3.63) is 95.0 Å². The lowest BCUT2D eigenvalue weighted by Crippen LogP contribution is -2.43. The molecule has 2 N–H and O–H groups in total. The fourth-order valence-corrected chi connectivity index (χ4v) is 3.59. The number of rotatable bonds is 6. The van der Waals surface area contributed by atoms with Crippen molar-refractivity contribution in [1.29, 1.82) is 0 Å². The number of epoxide rings is 1. The first-order valence-electron chi connectivity index (χ1n) is 9.87. The average Bonchev–Trinajstić information content (AvgIpc) is 3.60. The van der Waals surface area contributed by atoms with Crippen molar-refractivity contribution in [3.63, 3.8) is 0 Å². The van der Waals surface area contributed by atoms with Crippen molar-refractivity contribution in [2.24, 2.45) is 5.84 Å². The van der Waals surface area contributed by atoms with Crippen LogP contribution in [0.15, 0.2) is 78.9 Å². The van der Waals surface area contributed by atoms with Gasteiger partial charge in [-0.15, -0.1) is 0 Å². The van der Waals surface area contributed by atoms with Crippen LogP contribution >= 0.6 is 11.6 Å². The van der Waals surface area contributed by atoms with Crippen molar-refractivity contribution >= 4 is 34.8 Å². The van der Waals surface area contributed by atoms with Gasteiger partial charge in [0.25, 0.3) is 11.8 Å². The summed E-state index contributed by atoms with van der Waals surface area (Å²) in [5.74, 6) is 5.27. The van der Waals surface area contributed by atoms with Gasteiger partial charge in [-0.3, -0.25) is 9.59 Å². The molecule has 0 spiro atoms. The summed E-state index contributed by atoms with van der Waals surface area (Å²) in [4.78, 5) is 27.8. The minimum absolute atomic E-state index is 0.287. The summed E-state index contributed by atoms with van der Waals surface area (Å²) in [6, 6.07) is 24.1. The number of benzene rings is 3. The molecular formula is C24H22ClN3O3. The van der Waals surface area contributed by atoms with Gasteiger partial charge in [-0.1, -0.05) is 66.2 Å².